The van der Waals surface area contributed by atoms with E-state index in [2.05, 4.69) is 15.0 Å². The summed E-state index contributed by atoms with van der Waals surface area (Å²) in [4.78, 5) is 26.0. The van der Waals surface area contributed by atoms with E-state index in [9.17, 15) is 9.59 Å². The Morgan fingerprint density at radius 3 is 2.74 bits per heavy atom. The van der Waals surface area contributed by atoms with E-state index in [0.29, 0.717) is 22.0 Å². The van der Waals surface area contributed by atoms with Crippen LogP contribution in [0.3, 0.4) is 0 Å². The second kappa shape index (κ2) is 5.58. The van der Waals surface area contributed by atoms with Gasteiger partial charge < -0.3 is 15.0 Å². The lowest BCUT2D eigenvalue weighted by molar-refractivity contribution is 0.0600. The van der Waals surface area contributed by atoms with E-state index in [-0.39, 0.29) is 5.91 Å². The monoisotopic (exact) mass is 278 g/mol. The summed E-state index contributed by atoms with van der Waals surface area (Å²) in [6.07, 6.45) is 1.52. The molecule has 2 aromatic rings. The Labute approximate surface area is 114 Å². The maximum absolute atomic E-state index is 11.9. The minimum Gasteiger partial charge on any atom is -0.465 e. The van der Waals surface area contributed by atoms with E-state index in [1.165, 1.54) is 25.4 Å². The van der Waals surface area contributed by atoms with E-state index in [4.69, 9.17) is 11.6 Å². The third-order valence-electron chi connectivity index (χ3n) is 2.43. The zero-order valence-corrected chi connectivity index (χ0v) is 10.8. The van der Waals surface area contributed by atoms with Crippen LogP contribution in [0.25, 0.3) is 0 Å². The van der Waals surface area contributed by atoms with Crippen LogP contribution in [0.5, 0.6) is 0 Å². The summed E-state index contributed by atoms with van der Waals surface area (Å²) in [6, 6.07) is 7.99. The van der Waals surface area contributed by atoms with Crippen molar-refractivity contribution in [2.45, 2.75) is 0 Å². The molecule has 0 aliphatic heterocycles. The van der Waals surface area contributed by atoms with Crippen molar-refractivity contribution < 1.29 is 14.3 Å². The standard InChI is InChI=1S/C13H11ClN2O3/c1-19-13(18)8-3-2-4-10(5-8)16-12(17)11-6-9(14)7-15-11/h2-7,15H,1H3,(H,16,17). The summed E-state index contributed by atoms with van der Waals surface area (Å²) in [5.41, 5.74) is 1.21. The van der Waals surface area contributed by atoms with E-state index < -0.39 is 5.97 Å². The van der Waals surface area contributed by atoms with Crippen LogP contribution in [0, 0.1) is 0 Å². The molecule has 0 saturated carbocycles. The lowest BCUT2D eigenvalue weighted by Gasteiger charge is -2.05. The van der Waals surface area contributed by atoms with Gasteiger partial charge in [0.2, 0.25) is 0 Å². The third kappa shape index (κ3) is 3.14. The van der Waals surface area contributed by atoms with Crippen LogP contribution in [0.1, 0.15) is 20.8 Å². The molecule has 1 amide bonds. The lowest BCUT2D eigenvalue weighted by atomic mass is 10.2. The van der Waals surface area contributed by atoms with Crippen LogP contribution >= 0.6 is 11.6 Å². The van der Waals surface area contributed by atoms with Gasteiger partial charge in [0.05, 0.1) is 17.7 Å². The Balaban J connectivity index is 2.15. The maximum Gasteiger partial charge on any atom is 0.337 e. The number of ether oxygens (including phenoxy) is 1. The maximum atomic E-state index is 11.9. The number of aromatic amines is 1. The number of halogens is 1. The highest BCUT2D eigenvalue weighted by molar-refractivity contribution is 6.31. The van der Waals surface area contributed by atoms with E-state index >= 15 is 0 Å². The highest BCUT2D eigenvalue weighted by Crippen LogP contribution is 2.14. The Morgan fingerprint density at radius 2 is 2.11 bits per heavy atom. The van der Waals surface area contributed by atoms with Crippen LogP contribution < -0.4 is 5.32 Å². The number of hydrogen-bond donors (Lipinski definition) is 2. The van der Waals surface area contributed by atoms with Crippen molar-refractivity contribution in [3.05, 3.63) is 52.8 Å². The molecule has 0 unspecified atom stereocenters. The minimum atomic E-state index is -0.459. The predicted octanol–water partition coefficient (Wildman–Crippen LogP) is 2.71. The quantitative estimate of drug-likeness (QED) is 0.848. The molecule has 0 spiro atoms. The molecule has 1 heterocycles. The molecule has 6 heteroatoms. The summed E-state index contributed by atoms with van der Waals surface area (Å²) in [5.74, 6) is -0.798. The van der Waals surface area contributed by atoms with Gasteiger partial charge in [-0.25, -0.2) is 4.79 Å². The molecule has 1 aromatic carbocycles. The fraction of sp³-hybridized carbons (Fsp3) is 0.0769. The van der Waals surface area contributed by atoms with Gasteiger partial charge in [0.15, 0.2) is 0 Å². The summed E-state index contributed by atoms with van der Waals surface area (Å²) < 4.78 is 4.61. The molecule has 98 valence electrons. The first-order valence-electron chi connectivity index (χ1n) is 5.44. The predicted molar refractivity (Wildman–Crippen MR) is 71.5 cm³/mol. The average molecular weight is 279 g/mol. The molecule has 19 heavy (non-hydrogen) atoms. The molecule has 0 atom stereocenters. The number of methoxy groups -OCH3 is 1. The topological polar surface area (TPSA) is 71.2 Å². The van der Waals surface area contributed by atoms with Crippen molar-refractivity contribution in [2.24, 2.45) is 0 Å². The van der Waals surface area contributed by atoms with Gasteiger partial charge in [-0.2, -0.15) is 0 Å². The third-order valence-corrected chi connectivity index (χ3v) is 2.65. The van der Waals surface area contributed by atoms with Crippen LogP contribution in [0.2, 0.25) is 5.02 Å². The van der Waals surface area contributed by atoms with Gasteiger partial charge >= 0.3 is 5.97 Å². The fourth-order valence-electron chi connectivity index (χ4n) is 1.54. The summed E-state index contributed by atoms with van der Waals surface area (Å²) >= 11 is 5.72. The number of carbonyl (C=O) groups is 2. The van der Waals surface area contributed by atoms with Crippen molar-refractivity contribution in [1.82, 2.24) is 4.98 Å². The largest absolute Gasteiger partial charge is 0.465 e. The zero-order chi connectivity index (χ0) is 13.8. The zero-order valence-electron chi connectivity index (χ0n) is 10.1. The van der Waals surface area contributed by atoms with Crippen molar-refractivity contribution >= 4 is 29.2 Å². The molecular formula is C13H11ClN2O3. The number of amides is 1. The first-order chi connectivity index (χ1) is 9.10. The molecule has 2 rings (SSSR count). The molecule has 1 aromatic heterocycles. The van der Waals surface area contributed by atoms with E-state index in [0.717, 1.165) is 0 Å². The second-order valence-corrected chi connectivity index (χ2v) is 4.19. The van der Waals surface area contributed by atoms with Gasteiger partial charge in [0.25, 0.3) is 5.91 Å². The molecule has 5 nitrogen and oxygen atoms in total. The van der Waals surface area contributed by atoms with Gasteiger partial charge in [-0.1, -0.05) is 17.7 Å². The van der Waals surface area contributed by atoms with Gasteiger partial charge in [-0.15, -0.1) is 0 Å². The normalized spacial score (nSPS) is 10.0. The molecule has 2 N–H and O–H groups in total. The lowest BCUT2D eigenvalue weighted by Crippen LogP contribution is -2.12. The SMILES string of the molecule is COC(=O)c1cccc(NC(=O)c2cc(Cl)c[nH]2)c1. The van der Waals surface area contributed by atoms with Crippen LogP contribution in [0.4, 0.5) is 5.69 Å². The summed E-state index contributed by atoms with van der Waals surface area (Å²) in [5, 5.41) is 3.11. The van der Waals surface area contributed by atoms with Crippen molar-refractivity contribution in [3.8, 4) is 0 Å². The van der Waals surface area contributed by atoms with Crippen molar-refractivity contribution in [3.63, 3.8) is 0 Å². The number of benzene rings is 1. The van der Waals surface area contributed by atoms with Crippen molar-refractivity contribution in [2.75, 3.05) is 12.4 Å². The van der Waals surface area contributed by atoms with Crippen molar-refractivity contribution in [1.29, 1.82) is 0 Å². The molecular weight excluding hydrogens is 268 g/mol. The number of nitrogens with one attached hydrogen (secondary N) is 2. The summed E-state index contributed by atoms with van der Waals surface area (Å²) in [6.45, 7) is 0. The first-order valence-corrected chi connectivity index (χ1v) is 5.81. The van der Waals surface area contributed by atoms with Crippen LogP contribution in [-0.2, 0) is 4.74 Å². The van der Waals surface area contributed by atoms with E-state index in [1.807, 2.05) is 0 Å². The molecule has 0 radical (unpaired) electrons. The Bertz CT molecular complexity index is 622. The highest BCUT2D eigenvalue weighted by Gasteiger charge is 2.10. The minimum absolute atomic E-state index is 0.339. The average Bonchev–Trinajstić information content (AvgIpc) is 2.85. The number of rotatable bonds is 3. The number of carbonyl (C=O) groups excluding carboxylic acids is 2. The Hall–Kier alpha value is -2.27. The van der Waals surface area contributed by atoms with Gasteiger partial charge in [0, 0.05) is 11.9 Å². The number of anilines is 1. The van der Waals surface area contributed by atoms with Gasteiger partial charge in [-0.05, 0) is 24.3 Å². The molecule has 0 saturated heterocycles. The molecule has 0 aliphatic rings. The Morgan fingerprint density at radius 1 is 1.32 bits per heavy atom. The highest BCUT2D eigenvalue weighted by atomic mass is 35.5. The molecule has 0 fully saturated rings. The summed E-state index contributed by atoms with van der Waals surface area (Å²) in [7, 11) is 1.30. The Kier molecular flexibility index (Phi) is 3.87. The van der Waals surface area contributed by atoms with E-state index in [1.54, 1.807) is 18.2 Å². The number of esters is 1. The number of hydrogen-bond acceptors (Lipinski definition) is 3. The second-order valence-electron chi connectivity index (χ2n) is 3.76. The van der Waals surface area contributed by atoms with Crippen LogP contribution in [0.15, 0.2) is 36.5 Å². The number of aromatic nitrogens is 1. The van der Waals surface area contributed by atoms with Crippen LogP contribution in [-0.4, -0.2) is 24.0 Å². The van der Waals surface area contributed by atoms with Gasteiger partial charge in [0.1, 0.15) is 5.69 Å². The molecule has 0 bridgehead atoms. The fourth-order valence-corrected chi connectivity index (χ4v) is 1.70. The molecule has 0 aliphatic carbocycles. The smallest absolute Gasteiger partial charge is 0.337 e. The first kappa shape index (κ1) is 13.2. The van der Waals surface area contributed by atoms with Gasteiger partial charge in [-0.3, -0.25) is 4.79 Å². The number of H-pyrrole nitrogens is 1.